The van der Waals surface area contributed by atoms with Crippen LogP contribution in [-0.4, -0.2) is 66.1 Å². The van der Waals surface area contributed by atoms with Crippen LogP contribution in [0.25, 0.3) is 0 Å². The molecule has 3 fully saturated rings. The molecule has 5 nitrogen and oxygen atoms in total. The average molecular weight is 333 g/mol. The fraction of sp³-hybridized carbons (Fsp3) is 0.667. The van der Waals surface area contributed by atoms with Crippen molar-refractivity contribution in [3.05, 3.63) is 29.8 Å². The predicted molar refractivity (Wildman–Crippen MR) is 87.1 cm³/mol. The molecule has 130 valence electrons. The molecule has 0 N–H and O–H groups in total. The second-order valence-corrected chi connectivity index (χ2v) is 7.28. The molecule has 1 amide bonds. The monoisotopic (exact) mass is 333 g/mol. The number of rotatable bonds is 3. The molecule has 3 heterocycles. The van der Waals surface area contributed by atoms with E-state index >= 15 is 0 Å². The molecule has 24 heavy (non-hydrogen) atoms. The van der Waals surface area contributed by atoms with E-state index in [2.05, 4.69) is 9.88 Å². The standard InChI is InChI=1S/C18H24FN3O2/c19-17-9-14(3-5-20-17)18(23)22-6-4-15-11-21(10-13-1-2-13)7-8-24-16(15)12-22/h3,5,9,13,15-16H,1-2,4,6-8,10-12H2/t15-,16-/m1/s1. The summed E-state index contributed by atoms with van der Waals surface area (Å²) in [6.07, 6.45) is 5.13. The van der Waals surface area contributed by atoms with Crippen LogP contribution in [0, 0.1) is 17.8 Å². The molecule has 0 aromatic carbocycles. The third-order valence-corrected chi connectivity index (χ3v) is 5.40. The third-order valence-electron chi connectivity index (χ3n) is 5.40. The summed E-state index contributed by atoms with van der Waals surface area (Å²) in [4.78, 5) is 20.4. The SMILES string of the molecule is O=C(c1ccnc(F)c1)N1CC[C@@H]2CN(CC3CC3)CCO[C@@H]2C1. The van der Waals surface area contributed by atoms with Crippen molar-refractivity contribution in [2.45, 2.75) is 25.4 Å². The molecule has 0 spiro atoms. The number of carbonyl (C=O) groups excluding carboxylic acids is 1. The van der Waals surface area contributed by atoms with E-state index in [1.165, 1.54) is 31.6 Å². The zero-order valence-corrected chi connectivity index (χ0v) is 13.9. The molecular formula is C18H24FN3O2. The number of piperidine rings is 1. The first-order valence-corrected chi connectivity index (χ1v) is 8.94. The molecule has 0 radical (unpaired) electrons. The van der Waals surface area contributed by atoms with Gasteiger partial charge in [0.15, 0.2) is 0 Å². The van der Waals surface area contributed by atoms with Crippen molar-refractivity contribution < 1.29 is 13.9 Å². The van der Waals surface area contributed by atoms with Gasteiger partial charge in [0, 0.05) is 56.5 Å². The van der Waals surface area contributed by atoms with Crippen molar-refractivity contribution in [2.75, 3.05) is 39.3 Å². The van der Waals surface area contributed by atoms with Crippen LogP contribution in [0.15, 0.2) is 18.3 Å². The molecule has 2 saturated heterocycles. The summed E-state index contributed by atoms with van der Waals surface area (Å²) in [5, 5.41) is 0. The lowest BCUT2D eigenvalue weighted by atomic mass is 9.93. The number of aromatic nitrogens is 1. The van der Waals surface area contributed by atoms with E-state index < -0.39 is 5.95 Å². The summed E-state index contributed by atoms with van der Waals surface area (Å²) in [5.74, 6) is 0.642. The van der Waals surface area contributed by atoms with E-state index in [9.17, 15) is 9.18 Å². The molecule has 0 unspecified atom stereocenters. The predicted octanol–water partition coefficient (Wildman–Crippen LogP) is 1.79. The highest BCUT2D eigenvalue weighted by molar-refractivity contribution is 5.94. The second-order valence-electron chi connectivity index (χ2n) is 7.28. The fourth-order valence-electron chi connectivity index (χ4n) is 3.85. The largest absolute Gasteiger partial charge is 0.375 e. The summed E-state index contributed by atoms with van der Waals surface area (Å²) in [5.41, 5.74) is 0.366. The van der Waals surface area contributed by atoms with Crippen molar-refractivity contribution in [3.63, 3.8) is 0 Å². The van der Waals surface area contributed by atoms with Crippen molar-refractivity contribution in [1.82, 2.24) is 14.8 Å². The van der Waals surface area contributed by atoms with Crippen LogP contribution in [0.2, 0.25) is 0 Å². The first kappa shape index (κ1) is 16.0. The molecular weight excluding hydrogens is 309 g/mol. The Balaban J connectivity index is 1.39. The average Bonchev–Trinajstić information content (AvgIpc) is 3.40. The summed E-state index contributed by atoms with van der Waals surface area (Å²) in [7, 11) is 0. The van der Waals surface area contributed by atoms with E-state index in [-0.39, 0.29) is 12.0 Å². The van der Waals surface area contributed by atoms with Gasteiger partial charge < -0.3 is 14.5 Å². The van der Waals surface area contributed by atoms with Crippen LogP contribution >= 0.6 is 0 Å². The smallest absolute Gasteiger partial charge is 0.254 e. The second kappa shape index (κ2) is 6.76. The molecule has 6 heteroatoms. The number of hydrogen-bond acceptors (Lipinski definition) is 4. The number of nitrogens with zero attached hydrogens (tertiary/aromatic N) is 3. The number of amides is 1. The molecule has 4 rings (SSSR count). The molecule has 3 aliphatic rings. The Morgan fingerprint density at radius 3 is 2.96 bits per heavy atom. The maximum atomic E-state index is 13.3. The van der Waals surface area contributed by atoms with E-state index in [0.717, 1.165) is 32.0 Å². The van der Waals surface area contributed by atoms with Crippen LogP contribution in [-0.2, 0) is 4.74 Å². The van der Waals surface area contributed by atoms with Crippen LogP contribution in [0.1, 0.15) is 29.6 Å². The minimum atomic E-state index is -0.614. The number of halogens is 1. The van der Waals surface area contributed by atoms with E-state index in [0.29, 0.717) is 24.6 Å². The topological polar surface area (TPSA) is 45.7 Å². The van der Waals surface area contributed by atoms with Crippen molar-refractivity contribution in [3.8, 4) is 0 Å². The maximum absolute atomic E-state index is 13.3. The minimum absolute atomic E-state index is 0.0959. The Labute approximate surface area is 141 Å². The highest BCUT2D eigenvalue weighted by Crippen LogP contribution is 2.32. The first-order valence-electron chi connectivity index (χ1n) is 8.94. The number of pyridine rings is 1. The minimum Gasteiger partial charge on any atom is -0.375 e. The third kappa shape index (κ3) is 3.59. The van der Waals surface area contributed by atoms with Gasteiger partial charge in [0.05, 0.1) is 12.7 Å². The van der Waals surface area contributed by atoms with Gasteiger partial charge in [0.2, 0.25) is 5.95 Å². The van der Waals surface area contributed by atoms with Crippen molar-refractivity contribution in [1.29, 1.82) is 0 Å². The lowest BCUT2D eigenvalue weighted by Crippen LogP contribution is -2.49. The van der Waals surface area contributed by atoms with Gasteiger partial charge >= 0.3 is 0 Å². The van der Waals surface area contributed by atoms with Crippen LogP contribution in [0.3, 0.4) is 0 Å². The Kier molecular flexibility index (Phi) is 4.50. The van der Waals surface area contributed by atoms with Crippen LogP contribution in [0.5, 0.6) is 0 Å². The summed E-state index contributed by atoms with van der Waals surface area (Å²) in [6, 6.07) is 2.78. The van der Waals surface area contributed by atoms with Crippen LogP contribution in [0.4, 0.5) is 4.39 Å². The summed E-state index contributed by atoms with van der Waals surface area (Å²) in [6.45, 7) is 5.32. The normalized spacial score (nSPS) is 28.3. The Hall–Kier alpha value is -1.53. The zero-order valence-electron chi connectivity index (χ0n) is 13.9. The lowest BCUT2D eigenvalue weighted by molar-refractivity contribution is -0.0171. The number of fused-ring (bicyclic) bond motifs is 1. The van der Waals surface area contributed by atoms with Gasteiger partial charge in [-0.15, -0.1) is 0 Å². The zero-order chi connectivity index (χ0) is 16.5. The molecule has 2 atom stereocenters. The number of hydrogen-bond donors (Lipinski definition) is 0. The Morgan fingerprint density at radius 2 is 2.17 bits per heavy atom. The molecule has 1 aromatic rings. The van der Waals surface area contributed by atoms with Gasteiger partial charge in [0.25, 0.3) is 5.91 Å². The molecule has 1 aromatic heterocycles. The summed E-state index contributed by atoms with van der Waals surface area (Å²) < 4.78 is 19.3. The van der Waals surface area contributed by atoms with E-state index in [1.807, 2.05) is 0 Å². The van der Waals surface area contributed by atoms with Crippen LogP contribution < -0.4 is 0 Å². The van der Waals surface area contributed by atoms with Crippen molar-refractivity contribution >= 4 is 5.91 Å². The maximum Gasteiger partial charge on any atom is 0.254 e. The van der Waals surface area contributed by atoms with Gasteiger partial charge in [-0.25, -0.2) is 4.98 Å². The molecule has 1 aliphatic carbocycles. The molecule has 1 saturated carbocycles. The fourth-order valence-corrected chi connectivity index (χ4v) is 3.85. The van der Waals surface area contributed by atoms with Crippen molar-refractivity contribution in [2.24, 2.45) is 11.8 Å². The Bertz CT molecular complexity index is 608. The van der Waals surface area contributed by atoms with Gasteiger partial charge in [-0.3, -0.25) is 4.79 Å². The Morgan fingerprint density at radius 1 is 1.29 bits per heavy atom. The van der Waals surface area contributed by atoms with E-state index in [1.54, 1.807) is 11.0 Å². The lowest BCUT2D eigenvalue weighted by Gasteiger charge is -2.38. The molecule has 0 bridgehead atoms. The number of ether oxygens (including phenoxy) is 1. The number of likely N-dealkylation sites (tertiary alicyclic amines) is 1. The van der Waals surface area contributed by atoms with Gasteiger partial charge in [0.1, 0.15) is 0 Å². The molecule has 2 aliphatic heterocycles. The highest BCUT2D eigenvalue weighted by atomic mass is 19.1. The van der Waals surface area contributed by atoms with Gasteiger partial charge in [-0.1, -0.05) is 0 Å². The summed E-state index contributed by atoms with van der Waals surface area (Å²) >= 11 is 0. The first-order chi connectivity index (χ1) is 11.7. The highest BCUT2D eigenvalue weighted by Gasteiger charge is 2.36. The van der Waals surface area contributed by atoms with E-state index in [4.69, 9.17) is 4.74 Å². The van der Waals surface area contributed by atoms with Gasteiger partial charge in [-0.05, 0) is 31.2 Å². The quantitative estimate of drug-likeness (QED) is 0.791. The number of carbonyl (C=O) groups is 1. The van der Waals surface area contributed by atoms with Gasteiger partial charge in [-0.2, -0.15) is 4.39 Å².